The fourth-order valence-electron chi connectivity index (χ4n) is 2.67. The number of hydrogen-bond acceptors (Lipinski definition) is 2. The van der Waals surface area contributed by atoms with Crippen molar-refractivity contribution in [3.63, 3.8) is 0 Å². The Morgan fingerprint density at radius 1 is 0.750 bits per heavy atom. The molecule has 2 N–H and O–H groups in total. The van der Waals surface area contributed by atoms with Gasteiger partial charge in [-0.1, -0.05) is 26.8 Å². The van der Waals surface area contributed by atoms with E-state index < -0.39 is 0 Å². The second-order valence-corrected chi connectivity index (χ2v) is 8.14. The van der Waals surface area contributed by atoms with Gasteiger partial charge in [0.25, 0.3) is 0 Å². The monoisotopic (exact) mass is 324 g/mol. The van der Waals surface area contributed by atoms with Crippen LogP contribution in [0.2, 0.25) is 0 Å². The molecule has 0 aliphatic carbocycles. The van der Waals surface area contributed by atoms with Gasteiger partial charge in [0.05, 0.1) is 0 Å². The van der Waals surface area contributed by atoms with E-state index in [4.69, 9.17) is 0 Å². The molecule has 0 saturated heterocycles. The number of nitrogens with one attached hydrogen (secondary N) is 2. The fraction of sp³-hybridized carbons (Fsp3) is 0.455. The van der Waals surface area contributed by atoms with Crippen LogP contribution in [-0.4, -0.2) is 6.54 Å². The van der Waals surface area contributed by atoms with E-state index in [-0.39, 0.29) is 5.41 Å². The summed E-state index contributed by atoms with van der Waals surface area (Å²) in [4.78, 5) is 0. The summed E-state index contributed by atoms with van der Waals surface area (Å²) < 4.78 is 0. The molecule has 0 unspecified atom stereocenters. The lowest BCUT2D eigenvalue weighted by molar-refractivity contribution is 0.443. The van der Waals surface area contributed by atoms with E-state index in [9.17, 15) is 0 Å². The Morgan fingerprint density at radius 3 is 1.96 bits per heavy atom. The molecule has 0 aliphatic heterocycles. The van der Waals surface area contributed by atoms with E-state index in [1.54, 1.807) is 0 Å². The van der Waals surface area contributed by atoms with Gasteiger partial charge in [-0.05, 0) is 85.2 Å². The van der Waals surface area contributed by atoms with E-state index in [0.717, 1.165) is 13.1 Å². The highest BCUT2D eigenvalue weighted by molar-refractivity contribution is 5.54. The summed E-state index contributed by atoms with van der Waals surface area (Å²) in [6.45, 7) is 17.3. The molecule has 2 heteroatoms. The van der Waals surface area contributed by atoms with Crippen molar-refractivity contribution in [1.29, 1.82) is 0 Å². The van der Waals surface area contributed by atoms with E-state index in [1.165, 1.54) is 39.2 Å². The highest BCUT2D eigenvalue weighted by Gasteiger charge is 2.10. The predicted octanol–water partition coefficient (Wildman–Crippen LogP) is 5.99. The molecule has 0 aliphatic rings. The third kappa shape index (κ3) is 5.02. The lowest BCUT2D eigenvalue weighted by atomic mass is 9.96. The summed E-state index contributed by atoms with van der Waals surface area (Å²) in [5, 5.41) is 7.13. The standard InChI is InChI=1S/C22H32N2/c1-15-8-9-20(24-14-22(5,6)7)12-19(15)13-23-21-10-16(2)18(4)17(3)11-21/h8-12,23-24H,13-14H2,1-7H3. The van der Waals surface area contributed by atoms with Gasteiger partial charge < -0.3 is 10.6 Å². The Balaban J connectivity index is 2.09. The number of anilines is 2. The van der Waals surface area contributed by atoms with Crippen molar-refractivity contribution < 1.29 is 0 Å². The largest absolute Gasteiger partial charge is 0.385 e. The van der Waals surface area contributed by atoms with Gasteiger partial charge in [0.2, 0.25) is 0 Å². The molecule has 2 nitrogen and oxygen atoms in total. The smallest absolute Gasteiger partial charge is 0.0404 e. The molecular weight excluding hydrogens is 292 g/mol. The number of aryl methyl sites for hydroxylation is 3. The van der Waals surface area contributed by atoms with Crippen LogP contribution in [0.1, 0.15) is 48.6 Å². The highest BCUT2D eigenvalue weighted by atomic mass is 14.9. The summed E-state index contributed by atoms with van der Waals surface area (Å²) in [7, 11) is 0. The average molecular weight is 325 g/mol. The zero-order valence-corrected chi connectivity index (χ0v) is 16.3. The number of rotatable bonds is 5. The van der Waals surface area contributed by atoms with Crippen molar-refractivity contribution in [3.8, 4) is 0 Å². The molecule has 24 heavy (non-hydrogen) atoms. The lowest BCUT2D eigenvalue weighted by Crippen LogP contribution is -2.19. The van der Waals surface area contributed by atoms with Crippen molar-refractivity contribution in [1.82, 2.24) is 0 Å². The van der Waals surface area contributed by atoms with Gasteiger partial charge in [0.15, 0.2) is 0 Å². The molecule has 2 rings (SSSR count). The highest BCUT2D eigenvalue weighted by Crippen LogP contribution is 2.22. The minimum absolute atomic E-state index is 0.278. The fourth-order valence-corrected chi connectivity index (χ4v) is 2.67. The Hall–Kier alpha value is -1.96. The van der Waals surface area contributed by atoms with Crippen LogP contribution in [0.15, 0.2) is 30.3 Å². The van der Waals surface area contributed by atoms with Crippen molar-refractivity contribution in [2.45, 2.75) is 55.0 Å². The molecule has 130 valence electrons. The molecule has 0 aromatic heterocycles. The third-order valence-electron chi connectivity index (χ3n) is 4.58. The molecule has 2 aromatic rings. The molecule has 0 heterocycles. The Bertz CT molecular complexity index is 685. The van der Waals surface area contributed by atoms with Gasteiger partial charge in [0.1, 0.15) is 0 Å². The van der Waals surface area contributed by atoms with Crippen LogP contribution in [0.25, 0.3) is 0 Å². The zero-order valence-electron chi connectivity index (χ0n) is 16.3. The molecule has 0 amide bonds. The van der Waals surface area contributed by atoms with Crippen LogP contribution in [0.3, 0.4) is 0 Å². The molecule has 0 fully saturated rings. The van der Waals surface area contributed by atoms with E-state index in [1.807, 2.05) is 0 Å². The van der Waals surface area contributed by atoms with Crippen LogP contribution in [-0.2, 0) is 6.54 Å². The van der Waals surface area contributed by atoms with Crippen molar-refractivity contribution >= 4 is 11.4 Å². The second kappa shape index (κ2) is 7.29. The summed E-state index contributed by atoms with van der Waals surface area (Å²) in [6.07, 6.45) is 0. The Morgan fingerprint density at radius 2 is 1.38 bits per heavy atom. The van der Waals surface area contributed by atoms with Crippen molar-refractivity contribution in [2.75, 3.05) is 17.2 Å². The first-order valence-corrected chi connectivity index (χ1v) is 8.81. The first kappa shape index (κ1) is 18.4. The van der Waals surface area contributed by atoms with Crippen molar-refractivity contribution in [3.05, 3.63) is 58.1 Å². The van der Waals surface area contributed by atoms with Gasteiger partial charge in [0, 0.05) is 24.5 Å². The Kier molecular flexibility index (Phi) is 5.58. The topological polar surface area (TPSA) is 24.1 Å². The molecule has 0 atom stereocenters. The average Bonchev–Trinajstić information content (AvgIpc) is 2.49. The van der Waals surface area contributed by atoms with Crippen LogP contribution in [0.4, 0.5) is 11.4 Å². The molecule has 0 spiro atoms. The minimum atomic E-state index is 0.278. The maximum absolute atomic E-state index is 3.58. The molecular formula is C22H32N2. The quantitative estimate of drug-likeness (QED) is 0.706. The van der Waals surface area contributed by atoms with E-state index >= 15 is 0 Å². The van der Waals surface area contributed by atoms with Gasteiger partial charge in [-0.25, -0.2) is 0 Å². The Labute approximate surface area is 147 Å². The normalized spacial score (nSPS) is 11.5. The maximum atomic E-state index is 3.58. The lowest BCUT2D eigenvalue weighted by Gasteiger charge is -2.20. The first-order valence-electron chi connectivity index (χ1n) is 8.81. The third-order valence-corrected chi connectivity index (χ3v) is 4.58. The minimum Gasteiger partial charge on any atom is -0.385 e. The SMILES string of the molecule is Cc1ccc(NCC(C)(C)C)cc1CNc1cc(C)c(C)c(C)c1. The van der Waals surface area contributed by atoms with Crippen LogP contribution in [0, 0.1) is 33.1 Å². The van der Waals surface area contributed by atoms with Gasteiger partial charge >= 0.3 is 0 Å². The summed E-state index contributed by atoms with van der Waals surface area (Å²) >= 11 is 0. The molecule has 0 radical (unpaired) electrons. The van der Waals surface area contributed by atoms with Crippen LogP contribution < -0.4 is 10.6 Å². The number of benzene rings is 2. The summed E-state index contributed by atoms with van der Waals surface area (Å²) in [5.74, 6) is 0. The number of hydrogen-bond donors (Lipinski definition) is 2. The predicted molar refractivity (Wildman–Crippen MR) is 107 cm³/mol. The van der Waals surface area contributed by atoms with Crippen molar-refractivity contribution in [2.24, 2.45) is 5.41 Å². The van der Waals surface area contributed by atoms with Gasteiger partial charge in [-0.3, -0.25) is 0 Å². The first-order chi connectivity index (χ1) is 11.2. The maximum Gasteiger partial charge on any atom is 0.0404 e. The van der Waals surface area contributed by atoms with Crippen LogP contribution in [0.5, 0.6) is 0 Å². The molecule has 0 bridgehead atoms. The molecule has 0 saturated carbocycles. The van der Waals surface area contributed by atoms with Gasteiger partial charge in [-0.2, -0.15) is 0 Å². The second-order valence-electron chi connectivity index (χ2n) is 8.14. The summed E-state index contributed by atoms with van der Waals surface area (Å²) in [6, 6.07) is 11.1. The van der Waals surface area contributed by atoms with E-state index in [2.05, 4.69) is 89.4 Å². The van der Waals surface area contributed by atoms with Crippen LogP contribution >= 0.6 is 0 Å². The summed E-state index contributed by atoms with van der Waals surface area (Å²) in [5.41, 5.74) is 9.40. The van der Waals surface area contributed by atoms with Gasteiger partial charge in [-0.15, -0.1) is 0 Å². The molecule has 2 aromatic carbocycles. The zero-order chi connectivity index (χ0) is 17.9. The van der Waals surface area contributed by atoms with E-state index in [0.29, 0.717) is 0 Å².